The molecule has 2 heterocycles. The lowest BCUT2D eigenvalue weighted by atomic mass is 10.2. The Labute approximate surface area is 130 Å². The Morgan fingerprint density at radius 2 is 2.10 bits per heavy atom. The third kappa shape index (κ3) is 2.82. The van der Waals surface area contributed by atoms with E-state index in [-0.39, 0.29) is 6.04 Å². The predicted octanol–water partition coefficient (Wildman–Crippen LogP) is 3.72. The number of rotatable bonds is 4. The fourth-order valence-corrected chi connectivity index (χ4v) is 2.66. The van der Waals surface area contributed by atoms with Gasteiger partial charge >= 0.3 is 0 Å². The highest BCUT2D eigenvalue weighted by Gasteiger charge is 2.17. The first kappa shape index (κ1) is 14.2. The maximum Gasteiger partial charge on any atom is 0.243 e. The Bertz CT molecular complexity index is 771. The summed E-state index contributed by atoms with van der Waals surface area (Å²) in [6.07, 6.45) is 0. The third-order valence-electron chi connectivity index (χ3n) is 3.21. The fourth-order valence-electron chi connectivity index (χ4n) is 2.15. The first-order chi connectivity index (χ1) is 10.2. The van der Waals surface area contributed by atoms with Gasteiger partial charge in [0.25, 0.3) is 0 Å². The molecule has 0 aliphatic carbocycles. The summed E-state index contributed by atoms with van der Waals surface area (Å²) < 4.78 is 6.17. The molecule has 0 radical (unpaired) electrons. The first-order valence-electron chi connectivity index (χ1n) is 6.81. The number of nitrogens with zero attached hydrogens (tertiary/aromatic N) is 3. The van der Waals surface area contributed by atoms with E-state index >= 15 is 0 Å². The number of nitrogens with one attached hydrogen (secondary N) is 1. The number of halogens is 1. The largest absolute Gasteiger partial charge is 0.337 e. The molecular weight excluding hydrogens is 332 g/mol. The van der Waals surface area contributed by atoms with Gasteiger partial charge in [0, 0.05) is 9.86 Å². The van der Waals surface area contributed by atoms with Crippen molar-refractivity contribution in [2.45, 2.75) is 19.9 Å². The van der Waals surface area contributed by atoms with Crippen LogP contribution in [0.3, 0.4) is 0 Å². The van der Waals surface area contributed by atoms with Crippen LogP contribution in [-0.2, 0) is 0 Å². The zero-order valence-electron chi connectivity index (χ0n) is 11.8. The van der Waals surface area contributed by atoms with Crippen LogP contribution in [0.5, 0.6) is 0 Å². The Morgan fingerprint density at radius 1 is 1.29 bits per heavy atom. The first-order valence-corrected chi connectivity index (χ1v) is 7.61. The van der Waals surface area contributed by atoms with Crippen molar-refractivity contribution in [1.82, 2.24) is 20.4 Å². The zero-order chi connectivity index (χ0) is 14.8. The third-order valence-corrected chi connectivity index (χ3v) is 3.82. The van der Waals surface area contributed by atoms with Crippen molar-refractivity contribution < 1.29 is 4.52 Å². The summed E-state index contributed by atoms with van der Waals surface area (Å²) in [7, 11) is 0. The van der Waals surface area contributed by atoms with Crippen LogP contribution in [-0.4, -0.2) is 21.7 Å². The van der Waals surface area contributed by atoms with E-state index < -0.39 is 0 Å². The van der Waals surface area contributed by atoms with E-state index in [2.05, 4.69) is 36.4 Å². The second-order valence-corrected chi connectivity index (χ2v) is 5.60. The SMILES string of the molecule is CCNC(C)c1nc(-c2nc3ccccc3cc2Br)no1. The summed E-state index contributed by atoms with van der Waals surface area (Å²) in [5.74, 6) is 1.06. The lowest BCUT2D eigenvalue weighted by Crippen LogP contribution is -2.17. The summed E-state index contributed by atoms with van der Waals surface area (Å²) >= 11 is 3.53. The second-order valence-electron chi connectivity index (χ2n) is 4.75. The van der Waals surface area contributed by atoms with E-state index in [0.29, 0.717) is 17.4 Å². The molecule has 0 saturated carbocycles. The highest BCUT2D eigenvalue weighted by atomic mass is 79.9. The topological polar surface area (TPSA) is 63.8 Å². The highest BCUT2D eigenvalue weighted by molar-refractivity contribution is 9.10. The lowest BCUT2D eigenvalue weighted by molar-refractivity contribution is 0.342. The number of aromatic nitrogens is 3. The minimum Gasteiger partial charge on any atom is -0.337 e. The Hall–Kier alpha value is -1.79. The summed E-state index contributed by atoms with van der Waals surface area (Å²) in [4.78, 5) is 9.05. The highest BCUT2D eigenvalue weighted by Crippen LogP contribution is 2.28. The van der Waals surface area contributed by atoms with Gasteiger partial charge in [-0.2, -0.15) is 4.98 Å². The summed E-state index contributed by atoms with van der Waals surface area (Å²) in [5.41, 5.74) is 1.59. The second kappa shape index (κ2) is 5.91. The molecule has 0 fully saturated rings. The molecule has 1 aromatic carbocycles. The van der Waals surface area contributed by atoms with Crippen LogP contribution in [0.15, 0.2) is 39.3 Å². The Kier molecular flexibility index (Phi) is 3.98. The van der Waals surface area contributed by atoms with E-state index in [1.54, 1.807) is 0 Å². The van der Waals surface area contributed by atoms with Gasteiger partial charge in [0.15, 0.2) is 0 Å². The molecule has 1 N–H and O–H groups in total. The van der Waals surface area contributed by atoms with Crippen molar-refractivity contribution in [2.75, 3.05) is 6.54 Å². The van der Waals surface area contributed by atoms with Gasteiger partial charge in [0.1, 0.15) is 5.69 Å². The molecule has 0 saturated heterocycles. The minimum atomic E-state index is 0.0236. The number of para-hydroxylation sites is 1. The molecule has 1 atom stereocenters. The molecule has 108 valence electrons. The number of benzene rings is 1. The summed E-state index contributed by atoms with van der Waals surface area (Å²) in [6, 6.07) is 9.97. The molecule has 3 rings (SSSR count). The normalized spacial score (nSPS) is 12.7. The fraction of sp³-hybridized carbons (Fsp3) is 0.267. The van der Waals surface area contributed by atoms with Crippen LogP contribution >= 0.6 is 15.9 Å². The molecule has 3 aromatic rings. The summed E-state index contributed by atoms with van der Waals surface area (Å²) in [5, 5.41) is 8.35. The molecule has 5 nitrogen and oxygen atoms in total. The van der Waals surface area contributed by atoms with Crippen molar-refractivity contribution in [2.24, 2.45) is 0 Å². The lowest BCUT2D eigenvalue weighted by Gasteiger charge is -2.05. The van der Waals surface area contributed by atoms with Gasteiger partial charge < -0.3 is 9.84 Å². The quantitative estimate of drug-likeness (QED) is 0.779. The van der Waals surface area contributed by atoms with Gasteiger partial charge in [-0.1, -0.05) is 30.3 Å². The van der Waals surface area contributed by atoms with Crippen molar-refractivity contribution in [1.29, 1.82) is 0 Å². The van der Waals surface area contributed by atoms with Crippen molar-refractivity contribution in [3.05, 3.63) is 40.7 Å². The molecular formula is C15H15BrN4O. The average Bonchev–Trinajstić information content (AvgIpc) is 2.96. The smallest absolute Gasteiger partial charge is 0.243 e. The molecule has 0 aliphatic rings. The number of pyridine rings is 1. The van der Waals surface area contributed by atoms with Gasteiger partial charge in [-0.15, -0.1) is 0 Å². The number of fused-ring (bicyclic) bond motifs is 1. The van der Waals surface area contributed by atoms with Gasteiger partial charge in [-0.25, -0.2) is 4.98 Å². The minimum absolute atomic E-state index is 0.0236. The molecule has 0 amide bonds. The predicted molar refractivity (Wildman–Crippen MR) is 84.8 cm³/mol. The Balaban J connectivity index is 2.02. The standard InChI is InChI=1S/C15H15BrN4O/c1-3-17-9(2)15-19-14(20-21-15)13-11(16)8-10-6-4-5-7-12(10)18-13/h4-9,17H,3H2,1-2H3. The van der Waals surface area contributed by atoms with E-state index in [1.807, 2.05) is 44.2 Å². The van der Waals surface area contributed by atoms with Crippen LogP contribution in [0, 0.1) is 0 Å². The average molecular weight is 347 g/mol. The molecule has 0 aliphatic heterocycles. The van der Waals surface area contributed by atoms with Gasteiger partial charge in [-0.3, -0.25) is 0 Å². The molecule has 6 heteroatoms. The molecule has 0 spiro atoms. The van der Waals surface area contributed by atoms with E-state index in [4.69, 9.17) is 4.52 Å². The van der Waals surface area contributed by atoms with Crippen LogP contribution < -0.4 is 5.32 Å². The molecule has 1 unspecified atom stereocenters. The Morgan fingerprint density at radius 3 is 2.90 bits per heavy atom. The molecule has 0 bridgehead atoms. The molecule has 21 heavy (non-hydrogen) atoms. The zero-order valence-corrected chi connectivity index (χ0v) is 13.4. The van der Waals surface area contributed by atoms with E-state index in [9.17, 15) is 0 Å². The van der Waals surface area contributed by atoms with Crippen LogP contribution in [0.25, 0.3) is 22.4 Å². The van der Waals surface area contributed by atoms with Crippen LogP contribution in [0.2, 0.25) is 0 Å². The van der Waals surface area contributed by atoms with Gasteiger partial charge in [0.2, 0.25) is 11.7 Å². The van der Waals surface area contributed by atoms with Gasteiger partial charge in [0.05, 0.1) is 11.6 Å². The van der Waals surface area contributed by atoms with Crippen molar-refractivity contribution in [3.8, 4) is 11.5 Å². The monoisotopic (exact) mass is 346 g/mol. The van der Waals surface area contributed by atoms with Crippen LogP contribution in [0.1, 0.15) is 25.8 Å². The number of hydrogen-bond donors (Lipinski definition) is 1. The maximum absolute atomic E-state index is 5.32. The maximum atomic E-state index is 5.32. The van der Waals surface area contributed by atoms with Crippen LogP contribution in [0.4, 0.5) is 0 Å². The van der Waals surface area contributed by atoms with Gasteiger partial charge in [-0.05, 0) is 41.5 Å². The van der Waals surface area contributed by atoms with Crippen molar-refractivity contribution >= 4 is 26.8 Å². The number of hydrogen-bond acceptors (Lipinski definition) is 5. The molecule has 2 aromatic heterocycles. The van der Waals surface area contributed by atoms with Crippen molar-refractivity contribution in [3.63, 3.8) is 0 Å². The van der Waals surface area contributed by atoms with E-state index in [1.165, 1.54) is 0 Å². The van der Waals surface area contributed by atoms with E-state index in [0.717, 1.165) is 21.9 Å². The summed E-state index contributed by atoms with van der Waals surface area (Å²) in [6.45, 7) is 4.87.